The molecule has 0 saturated carbocycles. The summed E-state index contributed by atoms with van der Waals surface area (Å²) >= 11 is 0. The van der Waals surface area contributed by atoms with Crippen molar-refractivity contribution >= 4 is 11.6 Å². The Hall–Kier alpha value is -4.09. The van der Waals surface area contributed by atoms with E-state index in [9.17, 15) is 22.4 Å². The van der Waals surface area contributed by atoms with Gasteiger partial charge >= 0.3 is 6.36 Å². The third-order valence-electron chi connectivity index (χ3n) is 4.24. The summed E-state index contributed by atoms with van der Waals surface area (Å²) in [5.41, 5.74) is 0.707. The number of halogens is 4. The van der Waals surface area contributed by atoms with Gasteiger partial charge in [0.1, 0.15) is 17.3 Å². The van der Waals surface area contributed by atoms with Crippen LogP contribution in [0.15, 0.2) is 60.9 Å². The monoisotopic (exact) mass is 432 g/mol. The van der Waals surface area contributed by atoms with Crippen LogP contribution in [0, 0.1) is 5.82 Å². The number of carbonyl (C=O) groups excluding carboxylic acids is 1. The van der Waals surface area contributed by atoms with Crippen LogP contribution >= 0.6 is 0 Å². The van der Waals surface area contributed by atoms with Gasteiger partial charge in [-0.3, -0.25) is 9.78 Å². The molecule has 0 aliphatic carbocycles. The molecule has 1 unspecified atom stereocenters. The Morgan fingerprint density at radius 1 is 1.13 bits per heavy atom. The molecule has 3 heterocycles. The van der Waals surface area contributed by atoms with Crippen LogP contribution in [-0.2, 0) is 0 Å². The van der Waals surface area contributed by atoms with Gasteiger partial charge in [-0.05, 0) is 52.4 Å². The molecule has 1 amide bonds. The summed E-state index contributed by atoms with van der Waals surface area (Å²) in [7, 11) is 0. The second-order valence-corrected chi connectivity index (χ2v) is 6.29. The minimum atomic E-state index is -4.85. The van der Waals surface area contributed by atoms with Crippen LogP contribution < -0.4 is 10.1 Å². The maximum atomic E-state index is 14.4. The Kier molecular flexibility index (Phi) is 5.19. The maximum absolute atomic E-state index is 14.4. The van der Waals surface area contributed by atoms with Crippen LogP contribution in [0.1, 0.15) is 27.7 Å². The van der Waals surface area contributed by atoms with Crippen molar-refractivity contribution in [2.24, 2.45) is 0 Å². The predicted octanol–water partition coefficient (Wildman–Crippen LogP) is 3.08. The smallest absolute Gasteiger partial charge is 0.406 e. The highest BCUT2D eigenvalue weighted by molar-refractivity contribution is 5.95. The minimum Gasteiger partial charge on any atom is -0.406 e. The number of alkyl halides is 3. The van der Waals surface area contributed by atoms with Gasteiger partial charge in [0.05, 0.1) is 6.04 Å². The SMILES string of the molecule is O=C(NC(c1ccc(OC(F)(F)F)cc1)c1ncccc1F)c1ccn2nnnc2c1. The largest absolute Gasteiger partial charge is 0.573 e. The summed E-state index contributed by atoms with van der Waals surface area (Å²) < 4.78 is 56.9. The van der Waals surface area contributed by atoms with Crippen molar-refractivity contribution in [3.63, 3.8) is 0 Å². The molecule has 0 fully saturated rings. The Balaban J connectivity index is 1.66. The number of nitrogens with zero attached hydrogens (tertiary/aromatic N) is 5. The van der Waals surface area contributed by atoms with Crippen molar-refractivity contribution in [3.05, 3.63) is 83.6 Å². The zero-order chi connectivity index (χ0) is 22.0. The van der Waals surface area contributed by atoms with Crippen molar-refractivity contribution in [1.29, 1.82) is 0 Å². The molecule has 158 valence electrons. The van der Waals surface area contributed by atoms with E-state index in [0.717, 1.165) is 18.2 Å². The maximum Gasteiger partial charge on any atom is 0.573 e. The topological polar surface area (TPSA) is 94.3 Å². The molecule has 0 radical (unpaired) electrons. The van der Waals surface area contributed by atoms with E-state index in [1.807, 2.05) is 0 Å². The average Bonchev–Trinajstić information content (AvgIpc) is 3.20. The number of carbonyl (C=O) groups is 1. The van der Waals surface area contributed by atoms with E-state index in [-0.39, 0.29) is 11.3 Å². The number of aromatic nitrogens is 5. The number of amides is 1. The number of hydrogen-bond donors (Lipinski definition) is 1. The van der Waals surface area contributed by atoms with E-state index in [4.69, 9.17) is 0 Å². The van der Waals surface area contributed by atoms with Crippen molar-refractivity contribution < 1.29 is 27.1 Å². The fraction of sp³-hybridized carbons (Fsp3) is 0.105. The fourth-order valence-corrected chi connectivity index (χ4v) is 2.88. The quantitative estimate of drug-likeness (QED) is 0.487. The van der Waals surface area contributed by atoms with Crippen molar-refractivity contribution in [2.45, 2.75) is 12.4 Å². The molecule has 0 spiro atoms. The summed E-state index contributed by atoms with van der Waals surface area (Å²) in [6, 6.07) is 9.05. The van der Waals surface area contributed by atoms with Crippen LogP contribution in [0.3, 0.4) is 0 Å². The molecule has 1 atom stereocenters. The van der Waals surface area contributed by atoms with Gasteiger partial charge in [0, 0.05) is 18.0 Å². The molecule has 1 N–H and O–H groups in total. The van der Waals surface area contributed by atoms with Gasteiger partial charge in [-0.25, -0.2) is 8.91 Å². The lowest BCUT2D eigenvalue weighted by Crippen LogP contribution is -2.30. The minimum absolute atomic E-state index is 0.106. The van der Waals surface area contributed by atoms with Gasteiger partial charge in [0.2, 0.25) is 0 Å². The lowest BCUT2D eigenvalue weighted by molar-refractivity contribution is -0.274. The first kappa shape index (κ1) is 20.2. The summed E-state index contributed by atoms with van der Waals surface area (Å²) in [5, 5.41) is 13.6. The second-order valence-electron chi connectivity index (χ2n) is 6.29. The molecule has 1 aromatic carbocycles. The molecule has 0 bridgehead atoms. The number of fused-ring (bicyclic) bond motifs is 1. The van der Waals surface area contributed by atoms with Gasteiger partial charge in [-0.15, -0.1) is 18.3 Å². The molecule has 3 aromatic heterocycles. The Morgan fingerprint density at radius 3 is 2.61 bits per heavy atom. The Morgan fingerprint density at radius 2 is 1.90 bits per heavy atom. The van der Waals surface area contributed by atoms with Gasteiger partial charge in [-0.1, -0.05) is 12.1 Å². The molecule has 0 saturated heterocycles. The molecular formula is C19H12F4N6O2. The third kappa shape index (κ3) is 4.57. The van der Waals surface area contributed by atoms with Crippen LogP contribution in [0.5, 0.6) is 5.75 Å². The molecule has 4 rings (SSSR count). The van der Waals surface area contributed by atoms with Gasteiger partial charge in [0.25, 0.3) is 5.91 Å². The zero-order valence-corrected chi connectivity index (χ0v) is 15.4. The summed E-state index contributed by atoms with van der Waals surface area (Å²) in [6.07, 6.45) is -2.03. The lowest BCUT2D eigenvalue weighted by Gasteiger charge is -2.20. The number of hydrogen-bond acceptors (Lipinski definition) is 6. The average molecular weight is 432 g/mol. The Bertz CT molecular complexity index is 1230. The van der Waals surface area contributed by atoms with Crippen LogP contribution in [0.2, 0.25) is 0 Å². The van der Waals surface area contributed by atoms with Gasteiger partial charge in [-0.2, -0.15) is 0 Å². The normalized spacial score (nSPS) is 12.5. The number of ether oxygens (including phenoxy) is 1. The highest BCUT2D eigenvalue weighted by Gasteiger charge is 2.31. The molecular weight excluding hydrogens is 420 g/mol. The lowest BCUT2D eigenvalue weighted by atomic mass is 10.0. The second kappa shape index (κ2) is 7.97. The van der Waals surface area contributed by atoms with E-state index in [0.29, 0.717) is 11.2 Å². The molecule has 0 aliphatic rings. The van der Waals surface area contributed by atoms with Gasteiger partial charge in [0.15, 0.2) is 5.65 Å². The predicted molar refractivity (Wildman–Crippen MR) is 97.4 cm³/mol. The van der Waals surface area contributed by atoms with Crippen LogP contribution in [0.25, 0.3) is 5.65 Å². The Labute approximate surface area is 171 Å². The highest BCUT2D eigenvalue weighted by atomic mass is 19.4. The number of benzene rings is 1. The van der Waals surface area contributed by atoms with Crippen molar-refractivity contribution in [3.8, 4) is 5.75 Å². The highest BCUT2D eigenvalue weighted by Crippen LogP contribution is 2.27. The van der Waals surface area contributed by atoms with E-state index in [1.54, 1.807) is 0 Å². The molecule has 0 aliphatic heterocycles. The number of rotatable bonds is 5. The first-order chi connectivity index (χ1) is 14.8. The van der Waals surface area contributed by atoms with Crippen LogP contribution in [-0.4, -0.2) is 37.3 Å². The number of nitrogens with one attached hydrogen (secondary N) is 1. The van der Waals surface area contributed by atoms with Crippen molar-refractivity contribution in [2.75, 3.05) is 0 Å². The summed E-state index contributed by atoms with van der Waals surface area (Å²) in [4.78, 5) is 16.8. The van der Waals surface area contributed by atoms with Gasteiger partial charge < -0.3 is 10.1 Å². The fourth-order valence-electron chi connectivity index (χ4n) is 2.88. The van der Waals surface area contributed by atoms with E-state index >= 15 is 0 Å². The molecule has 12 heteroatoms. The number of tetrazole rings is 1. The molecule has 4 aromatic rings. The first-order valence-electron chi connectivity index (χ1n) is 8.75. The zero-order valence-electron chi connectivity index (χ0n) is 15.4. The molecule has 31 heavy (non-hydrogen) atoms. The molecule has 8 nitrogen and oxygen atoms in total. The van der Waals surface area contributed by atoms with Crippen molar-refractivity contribution in [1.82, 2.24) is 30.3 Å². The third-order valence-corrected chi connectivity index (χ3v) is 4.24. The standard InChI is InChI=1S/C19H12F4N6O2/c20-14-2-1-8-24-17(14)16(11-3-5-13(6-4-11)31-19(21,22)23)25-18(30)12-7-9-29-15(10-12)26-27-28-29/h1-10,16H,(H,25,30). The van der Waals surface area contributed by atoms with E-state index in [2.05, 4.69) is 30.6 Å². The first-order valence-corrected chi connectivity index (χ1v) is 8.75. The van der Waals surface area contributed by atoms with E-state index < -0.39 is 29.9 Å². The van der Waals surface area contributed by atoms with E-state index in [1.165, 1.54) is 47.2 Å². The number of pyridine rings is 2. The summed E-state index contributed by atoms with van der Waals surface area (Å²) in [5.74, 6) is -1.73. The van der Waals surface area contributed by atoms with Crippen LogP contribution in [0.4, 0.5) is 17.6 Å². The summed E-state index contributed by atoms with van der Waals surface area (Å²) in [6.45, 7) is 0.